The summed E-state index contributed by atoms with van der Waals surface area (Å²) in [5, 5.41) is 4.59. The number of hydrogen-bond acceptors (Lipinski definition) is 7. The summed E-state index contributed by atoms with van der Waals surface area (Å²) in [4.78, 5) is 16.3. The Morgan fingerprint density at radius 1 is 1.25 bits per heavy atom. The quantitative estimate of drug-likeness (QED) is 0.357. The van der Waals surface area contributed by atoms with E-state index in [1.165, 1.54) is 11.5 Å². The molecule has 3 rings (SSSR count). The van der Waals surface area contributed by atoms with E-state index in [2.05, 4.69) is 55.1 Å². The van der Waals surface area contributed by atoms with E-state index in [0.717, 1.165) is 82.4 Å². The standard InChI is InChI=1S/C18H33N7OS.HI/c1-5-15-21-17(27-22-15)24-10-8-23(9-11-24)16(19-4)20-6-7-25-12-13-26-14-18(25,2)3;/h5-14H2,1-4H3,(H,19,20);1H. The zero-order valence-corrected chi connectivity index (χ0v) is 20.6. The zero-order valence-electron chi connectivity index (χ0n) is 17.5. The maximum atomic E-state index is 5.61. The second kappa shape index (κ2) is 10.9. The van der Waals surface area contributed by atoms with E-state index in [1.54, 1.807) is 0 Å². The maximum absolute atomic E-state index is 5.61. The van der Waals surface area contributed by atoms with Crippen LogP contribution in [-0.2, 0) is 11.2 Å². The number of aliphatic imine (C=N–C) groups is 1. The van der Waals surface area contributed by atoms with Gasteiger partial charge in [-0.2, -0.15) is 4.37 Å². The Morgan fingerprint density at radius 2 is 2.00 bits per heavy atom. The van der Waals surface area contributed by atoms with Crippen molar-refractivity contribution in [3.63, 3.8) is 0 Å². The molecule has 3 heterocycles. The van der Waals surface area contributed by atoms with Crippen LogP contribution in [-0.4, -0.2) is 96.7 Å². The first-order valence-electron chi connectivity index (χ1n) is 9.89. The van der Waals surface area contributed by atoms with Gasteiger partial charge >= 0.3 is 0 Å². The molecular weight excluding hydrogens is 489 g/mol. The number of nitrogens with zero attached hydrogens (tertiary/aromatic N) is 6. The molecule has 2 saturated heterocycles. The molecular formula is C18H34IN7OS. The predicted molar refractivity (Wildman–Crippen MR) is 126 cm³/mol. The highest BCUT2D eigenvalue weighted by atomic mass is 127. The Morgan fingerprint density at radius 3 is 2.61 bits per heavy atom. The van der Waals surface area contributed by atoms with Crippen LogP contribution in [0.15, 0.2) is 4.99 Å². The van der Waals surface area contributed by atoms with Gasteiger partial charge in [0.1, 0.15) is 5.82 Å². The summed E-state index contributed by atoms with van der Waals surface area (Å²) < 4.78 is 10.0. The Hall–Kier alpha value is -0.720. The van der Waals surface area contributed by atoms with Crippen molar-refractivity contribution in [2.45, 2.75) is 32.7 Å². The minimum absolute atomic E-state index is 0. The minimum Gasteiger partial charge on any atom is -0.378 e. The van der Waals surface area contributed by atoms with Crippen LogP contribution in [0.25, 0.3) is 0 Å². The van der Waals surface area contributed by atoms with E-state index in [0.29, 0.717) is 0 Å². The monoisotopic (exact) mass is 523 g/mol. The number of aryl methyl sites for hydroxylation is 1. The highest BCUT2D eigenvalue weighted by Crippen LogP contribution is 2.20. The van der Waals surface area contributed by atoms with Gasteiger partial charge in [-0.15, -0.1) is 24.0 Å². The normalized spacial score (nSPS) is 20.8. The molecule has 1 aromatic rings. The molecule has 2 aliphatic heterocycles. The smallest absolute Gasteiger partial charge is 0.205 e. The van der Waals surface area contributed by atoms with E-state index in [4.69, 9.17) is 4.74 Å². The summed E-state index contributed by atoms with van der Waals surface area (Å²) >= 11 is 1.51. The summed E-state index contributed by atoms with van der Waals surface area (Å²) in [7, 11) is 1.87. The minimum atomic E-state index is 0. The van der Waals surface area contributed by atoms with Crippen LogP contribution in [0, 0.1) is 0 Å². The third kappa shape index (κ3) is 5.90. The highest BCUT2D eigenvalue weighted by Gasteiger charge is 2.30. The lowest BCUT2D eigenvalue weighted by atomic mass is 10.0. The molecule has 2 aliphatic rings. The van der Waals surface area contributed by atoms with Crippen molar-refractivity contribution in [2.75, 3.05) is 71.0 Å². The second-order valence-electron chi connectivity index (χ2n) is 7.65. The number of nitrogens with one attached hydrogen (secondary N) is 1. The molecule has 0 atom stereocenters. The molecule has 0 amide bonds. The topological polar surface area (TPSA) is 69.1 Å². The zero-order chi connectivity index (χ0) is 19.3. The van der Waals surface area contributed by atoms with E-state index in [1.807, 2.05) is 7.05 Å². The van der Waals surface area contributed by atoms with Crippen LogP contribution in [0.1, 0.15) is 26.6 Å². The lowest BCUT2D eigenvalue weighted by Crippen LogP contribution is -2.56. The van der Waals surface area contributed by atoms with E-state index in [9.17, 15) is 0 Å². The van der Waals surface area contributed by atoms with E-state index in [-0.39, 0.29) is 29.5 Å². The molecule has 0 bridgehead atoms. The van der Waals surface area contributed by atoms with Gasteiger partial charge in [0.2, 0.25) is 5.13 Å². The Balaban J connectivity index is 0.00000280. The summed E-state index contributed by atoms with van der Waals surface area (Å²) in [5.74, 6) is 1.94. The molecule has 0 aliphatic carbocycles. The third-order valence-corrected chi connectivity index (χ3v) is 6.13. The van der Waals surface area contributed by atoms with Crippen LogP contribution in [0.5, 0.6) is 0 Å². The SMILES string of the molecule is CCc1nsc(N2CCN(C(=NC)NCCN3CCOCC3(C)C)CC2)n1.I. The molecule has 1 aromatic heterocycles. The summed E-state index contributed by atoms with van der Waals surface area (Å²) in [5.41, 5.74) is 0.105. The van der Waals surface area contributed by atoms with E-state index < -0.39 is 0 Å². The molecule has 2 fully saturated rings. The maximum Gasteiger partial charge on any atom is 0.205 e. The van der Waals surface area contributed by atoms with Gasteiger partial charge in [0, 0.05) is 76.4 Å². The van der Waals surface area contributed by atoms with Crippen LogP contribution in [0.4, 0.5) is 5.13 Å². The lowest BCUT2D eigenvalue weighted by molar-refractivity contribution is -0.0496. The van der Waals surface area contributed by atoms with Crippen molar-refractivity contribution in [1.29, 1.82) is 0 Å². The molecule has 10 heteroatoms. The lowest BCUT2D eigenvalue weighted by Gasteiger charge is -2.42. The highest BCUT2D eigenvalue weighted by molar-refractivity contribution is 14.0. The van der Waals surface area contributed by atoms with Gasteiger partial charge in [0.05, 0.1) is 13.2 Å². The van der Waals surface area contributed by atoms with Crippen molar-refractivity contribution in [2.24, 2.45) is 4.99 Å². The molecule has 0 radical (unpaired) electrons. The fraction of sp³-hybridized carbons (Fsp3) is 0.833. The van der Waals surface area contributed by atoms with Gasteiger partial charge in [-0.1, -0.05) is 6.92 Å². The fourth-order valence-electron chi connectivity index (χ4n) is 3.57. The van der Waals surface area contributed by atoms with Crippen molar-refractivity contribution in [3.05, 3.63) is 5.82 Å². The number of guanidine groups is 1. The largest absolute Gasteiger partial charge is 0.378 e. The number of anilines is 1. The first-order valence-corrected chi connectivity index (χ1v) is 10.7. The van der Waals surface area contributed by atoms with Gasteiger partial charge in [-0.05, 0) is 13.8 Å². The summed E-state index contributed by atoms with van der Waals surface area (Å²) in [6, 6.07) is 0. The number of aromatic nitrogens is 2. The molecule has 1 N–H and O–H groups in total. The summed E-state index contributed by atoms with van der Waals surface area (Å²) in [6.07, 6.45) is 0.896. The number of ether oxygens (including phenoxy) is 1. The fourth-order valence-corrected chi connectivity index (χ4v) is 4.37. The van der Waals surface area contributed by atoms with Crippen molar-refractivity contribution in [3.8, 4) is 0 Å². The van der Waals surface area contributed by atoms with Crippen LogP contribution in [0.3, 0.4) is 0 Å². The van der Waals surface area contributed by atoms with Gasteiger partial charge in [0.25, 0.3) is 0 Å². The van der Waals surface area contributed by atoms with E-state index >= 15 is 0 Å². The molecule has 0 saturated carbocycles. The number of hydrogen-bond donors (Lipinski definition) is 1. The average molecular weight is 523 g/mol. The van der Waals surface area contributed by atoms with Gasteiger partial charge in [0.15, 0.2) is 5.96 Å². The van der Waals surface area contributed by atoms with Gasteiger partial charge in [-0.3, -0.25) is 9.89 Å². The first-order chi connectivity index (χ1) is 13.0. The van der Waals surface area contributed by atoms with Crippen molar-refractivity contribution in [1.82, 2.24) is 24.5 Å². The predicted octanol–water partition coefficient (Wildman–Crippen LogP) is 1.53. The number of halogens is 1. The molecule has 0 spiro atoms. The molecule has 8 nitrogen and oxygen atoms in total. The average Bonchev–Trinajstić information content (AvgIpc) is 3.16. The van der Waals surface area contributed by atoms with Gasteiger partial charge < -0.3 is 19.9 Å². The van der Waals surface area contributed by atoms with Crippen LogP contribution in [0.2, 0.25) is 0 Å². The number of rotatable bonds is 5. The van der Waals surface area contributed by atoms with Crippen molar-refractivity contribution < 1.29 is 4.74 Å². The van der Waals surface area contributed by atoms with Gasteiger partial charge in [-0.25, -0.2) is 4.98 Å². The number of piperazine rings is 1. The second-order valence-corrected chi connectivity index (χ2v) is 8.38. The molecule has 160 valence electrons. The summed E-state index contributed by atoms with van der Waals surface area (Å²) in [6.45, 7) is 14.9. The Labute approximate surface area is 189 Å². The van der Waals surface area contributed by atoms with Crippen LogP contribution >= 0.6 is 35.5 Å². The third-order valence-electron chi connectivity index (χ3n) is 5.32. The molecule has 0 unspecified atom stereocenters. The van der Waals surface area contributed by atoms with Crippen molar-refractivity contribution >= 4 is 46.6 Å². The Kier molecular flexibility index (Phi) is 9.16. The molecule has 0 aromatic carbocycles. The first kappa shape index (κ1) is 23.6. The molecule has 28 heavy (non-hydrogen) atoms. The number of morpholine rings is 1. The van der Waals surface area contributed by atoms with Crippen LogP contribution < -0.4 is 10.2 Å². The Bertz CT molecular complexity index is 631.